The maximum Gasteiger partial charge on any atom is 0.274 e. The SMILES string of the molecule is N#CCn1cccc(N)c1=O. The predicted octanol–water partition coefficient (Wildman–Crippen LogP) is -0.0459. The van der Waals surface area contributed by atoms with Gasteiger partial charge in [-0.05, 0) is 12.1 Å². The van der Waals surface area contributed by atoms with Gasteiger partial charge in [0, 0.05) is 6.20 Å². The summed E-state index contributed by atoms with van der Waals surface area (Å²) in [5, 5.41) is 8.28. The molecule has 1 rings (SSSR count). The van der Waals surface area contributed by atoms with Crippen LogP contribution in [0.25, 0.3) is 0 Å². The van der Waals surface area contributed by atoms with Crippen LogP contribution in [0.3, 0.4) is 0 Å². The number of pyridine rings is 1. The summed E-state index contributed by atoms with van der Waals surface area (Å²) in [5.74, 6) is 0. The van der Waals surface area contributed by atoms with Crippen molar-refractivity contribution in [3.8, 4) is 6.07 Å². The van der Waals surface area contributed by atoms with Crippen LogP contribution in [0.4, 0.5) is 5.69 Å². The summed E-state index contributed by atoms with van der Waals surface area (Å²) in [5.41, 5.74) is 5.17. The Morgan fingerprint density at radius 3 is 3.09 bits per heavy atom. The van der Waals surface area contributed by atoms with E-state index in [1.165, 1.54) is 16.8 Å². The molecule has 0 bridgehead atoms. The number of aromatic nitrogens is 1. The lowest BCUT2D eigenvalue weighted by molar-refractivity contribution is 0.791. The number of nitrogen functional groups attached to an aromatic ring is 1. The molecule has 1 aromatic rings. The van der Waals surface area contributed by atoms with Gasteiger partial charge in [-0.3, -0.25) is 9.36 Å². The Labute approximate surface area is 63.5 Å². The summed E-state index contributed by atoms with van der Waals surface area (Å²) in [6.07, 6.45) is 1.53. The molecule has 0 spiro atoms. The number of hydrogen-bond acceptors (Lipinski definition) is 3. The molecule has 0 aliphatic heterocycles. The molecular weight excluding hydrogens is 142 g/mol. The number of nitriles is 1. The molecule has 4 heteroatoms. The van der Waals surface area contributed by atoms with Gasteiger partial charge >= 0.3 is 0 Å². The van der Waals surface area contributed by atoms with Gasteiger partial charge in [0.05, 0.1) is 11.8 Å². The lowest BCUT2D eigenvalue weighted by Crippen LogP contribution is -2.21. The topological polar surface area (TPSA) is 71.8 Å². The second-order valence-corrected chi connectivity index (χ2v) is 2.05. The second kappa shape index (κ2) is 2.88. The lowest BCUT2D eigenvalue weighted by atomic mass is 10.4. The van der Waals surface area contributed by atoms with Crippen molar-refractivity contribution in [3.05, 3.63) is 28.7 Å². The largest absolute Gasteiger partial charge is 0.394 e. The molecule has 2 N–H and O–H groups in total. The van der Waals surface area contributed by atoms with Crippen LogP contribution in [-0.4, -0.2) is 4.57 Å². The van der Waals surface area contributed by atoms with Gasteiger partial charge in [0.2, 0.25) is 0 Å². The first kappa shape index (κ1) is 7.35. The zero-order valence-corrected chi connectivity index (χ0v) is 5.82. The third kappa shape index (κ3) is 1.38. The molecule has 0 unspecified atom stereocenters. The van der Waals surface area contributed by atoms with E-state index in [2.05, 4.69) is 0 Å². The van der Waals surface area contributed by atoms with Gasteiger partial charge in [0.15, 0.2) is 0 Å². The van der Waals surface area contributed by atoms with Crippen LogP contribution in [0.15, 0.2) is 23.1 Å². The van der Waals surface area contributed by atoms with Crippen molar-refractivity contribution < 1.29 is 0 Å². The third-order valence-electron chi connectivity index (χ3n) is 1.29. The monoisotopic (exact) mass is 149 g/mol. The maximum atomic E-state index is 11.0. The van der Waals surface area contributed by atoms with E-state index in [4.69, 9.17) is 11.0 Å². The van der Waals surface area contributed by atoms with Crippen LogP contribution in [-0.2, 0) is 6.54 Å². The highest BCUT2D eigenvalue weighted by Gasteiger charge is 1.95. The minimum absolute atomic E-state index is 0.0455. The van der Waals surface area contributed by atoms with Gasteiger partial charge in [0.1, 0.15) is 6.54 Å². The van der Waals surface area contributed by atoms with Gasteiger partial charge < -0.3 is 5.73 Å². The molecule has 0 amide bonds. The van der Waals surface area contributed by atoms with E-state index in [9.17, 15) is 4.79 Å². The van der Waals surface area contributed by atoms with E-state index in [0.29, 0.717) is 0 Å². The van der Waals surface area contributed by atoms with Gasteiger partial charge in [-0.1, -0.05) is 0 Å². The first-order chi connectivity index (χ1) is 5.25. The minimum Gasteiger partial charge on any atom is -0.394 e. The average molecular weight is 149 g/mol. The van der Waals surface area contributed by atoms with E-state index in [1.54, 1.807) is 6.07 Å². The number of nitrogens with zero attached hydrogens (tertiary/aromatic N) is 2. The Morgan fingerprint density at radius 1 is 1.73 bits per heavy atom. The van der Waals surface area contributed by atoms with Crippen LogP contribution in [0.1, 0.15) is 0 Å². The van der Waals surface area contributed by atoms with Crippen molar-refractivity contribution in [1.82, 2.24) is 4.57 Å². The third-order valence-corrected chi connectivity index (χ3v) is 1.29. The van der Waals surface area contributed by atoms with Crippen molar-refractivity contribution in [2.45, 2.75) is 6.54 Å². The first-order valence-corrected chi connectivity index (χ1v) is 3.07. The fourth-order valence-corrected chi connectivity index (χ4v) is 0.756. The van der Waals surface area contributed by atoms with E-state index < -0.39 is 0 Å². The molecule has 0 saturated carbocycles. The smallest absolute Gasteiger partial charge is 0.274 e. The van der Waals surface area contributed by atoms with Gasteiger partial charge in [-0.2, -0.15) is 5.26 Å². The highest BCUT2D eigenvalue weighted by atomic mass is 16.1. The van der Waals surface area contributed by atoms with E-state index >= 15 is 0 Å². The number of anilines is 1. The average Bonchev–Trinajstić information content (AvgIpc) is 1.99. The standard InChI is InChI=1S/C7H7N3O/c8-3-5-10-4-1-2-6(9)7(10)11/h1-2,4H,5,9H2. The van der Waals surface area contributed by atoms with Crippen molar-refractivity contribution in [2.24, 2.45) is 0 Å². The second-order valence-electron chi connectivity index (χ2n) is 2.05. The van der Waals surface area contributed by atoms with Crippen molar-refractivity contribution in [1.29, 1.82) is 5.26 Å². The quantitative estimate of drug-likeness (QED) is 0.608. The summed E-state index contributed by atoms with van der Waals surface area (Å²) >= 11 is 0. The summed E-state index contributed by atoms with van der Waals surface area (Å²) in [4.78, 5) is 11.0. The van der Waals surface area contributed by atoms with Crippen molar-refractivity contribution in [3.63, 3.8) is 0 Å². The Morgan fingerprint density at radius 2 is 2.45 bits per heavy atom. The summed E-state index contributed by atoms with van der Waals surface area (Å²) < 4.78 is 1.26. The van der Waals surface area contributed by atoms with Gasteiger partial charge in [-0.15, -0.1) is 0 Å². The molecule has 0 fully saturated rings. The Bertz CT molecular complexity index is 347. The fraction of sp³-hybridized carbons (Fsp3) is 0.143. The van der Waals surface area contributed by atoms with Crippen LogP contribution in [0, 0.1) is 11.3 Å². The Hall–Kier alpha value is -1.76. The van der Waals surface area contributed by atoms with Crippen molar-refractivity contribution >= 4 is 5.69 Å². The molecular formula is C7H7N3O. The Kier molecular flexibility index (Phi) is 1.93. The molecule has 0 aliphatic carbocycles. The highest BCUT2D eigenvalue weighted by molar-refractivity contribution is 5.33. The molecule has 0 atom stereocenters. The summed E-state index contributed by atoms with van der Waals surface area (Å²) in [6, 6.07) is 5.00. The molecule has 56 valence electrons. The zero-order chi connectivity index (χ0) is 8.27. The van der Waals surface area contributed by atoms with Crippen LogP contribution in [0.5, 0.6) is 0 Å². The number of rotatable bonds is 1. The molecule has 1 aromatic heterocycles. The van der Waals surface area contributed by atoms with Gasteiger partial charge in [0.25, 0.3) is 5.56 Å². The number of hydrogen-bond donors (Lipinski definition) is 1. The first-order valence-electron chi connectivity index (χ1n) is 3.07. The van der Waals surface area contributed by atoms with Crippen molar-refractivity contribution in [2.75, 3.05) is 5.73 Å². The lowest BCUT2D eigenvalue weighted by Gasteiger charge is -1.98. The molecule has 0 aromatic carbocycles. The molecule has 0 radical (unpaired) electrons. The summed E-state index contributed by atoms with van der Waals surface area (Å²) in [6.45, 7) is 0.0455. The van der Waals surface area contributed by atoms with E-state index in [0.717, 1.165) is 0 Å². The Balaban J connectivity index is 3.20. The molecule has 4 nitrogen and oxygen atoms in total. The zero-order valence-electron chi connectivity index (χ0n) is 5.82. The predicted molar refractivity (Wildman–Crippen MR) is 40.7 cm³/mol. The van der Waals surface area contributed by atoms with Gasteiger partial charge in [-0.25, -0.2) is 0 Å². The molecule has 11 heavy (non-hydrogen) atoms. The molecule has 0 saturated heterocycles. The normalized spacial score (nSPS) is 9.00. The number of nitrogens with two attached hydrogens (primary N) is 1. The van der Waals surface area contributed by atoms with E-state index in [-0.39, 0.29) is 17.8 Å². The summed E-state index contributed by atoms with van der Waals surface area (Å²) in [7, 11) is 0. The van der Waals surface area contributed by atoms with E-state index in [1.807, 2.05) is 6.07 Å². The highest BCUT2D eigenvalue weighted by Crippen LogP contribution is 1.90. The van der Waals surface area contributed by atoms with Crippen LogP contribution in [0.2, 0.25) is 0 Å². The van der Waals surface area contributed by atoms with Crippen LogP contribution < -0.4 is 11.3 Å². The fourth-order valence-electron chi connectivity index (χ4n) is 0.756. The minimum atomic E-state index is -0.311. The van der Waals surface area contributed by atoms with Crippen LogP contribution >= 0.6 is 0 Å². The molecule has 0 aliphatic rings. The molecule has 1 heterocycles. The maximum absolute atomic E-state index is 11.0.